The van der Waals surface area contributed by atoms with Crippen molar-refractivity contribution in [1.29, 1.82) is 0 Å². The summed E-state index contributed by atoms with van der Waals surface area (Å²) in [5.74, 6) is -0.511. The van der Waals surface area contributed by atoms with Crippen LogP contribution < -0.4 is 4.74 Å². The van der Waals surface area contributed by atoms with Crippen LogP contribution >= 0.6 is 0 Å². The smallest absolute Gasteiger partial charge is 0.201 e. The van der Waals surface area contributed by atoms with Crippen molar-refractivity contribution < 1.29 is 20.1 Å². The summed E-state index contributed by atoms with van der Waals surface area (Å²) in [5.41, 5.74) is 3.38. The molecule has 4 rings (SSSR count). The lowest BCUT2D eigenvalue weighted by Gasteiger charge is -2.13. The van der Waals surface area contributed by atoms with Gasteiger partial charge in [-0.1, -0.05) is 66.7 Å². The zero-order valence-corrected chi connectivity index (χ0v) is 14.9. The Kier molecular flexibility index (Phi) is 4.60. The van der Waals surface area contributed by atoms with Gasteiger partial charge in [0, 0.05) is 0 Å². The Labute approximate surface area is 162 Å². The number of benzene rings is 4. The molecule has 0 saturated carbocycles. The third-order valence-corrected chi connectivity index (χ3v) is 4.45. The van der Waals surface area contributed by atoms with Gasteiger partial charge in [-0.25, -0.2) is 0 Å². The summed E-state index contributed by atoms with van der Waals surface area (Å²) in [5, 5.41) is 30.6. The molecule has 0 amide bonds. The fourth-order valence-electron chi connectivity index (χ4n) is 2.99. The molecule has 0 fully saturated rings. The van der Waals surface area contributed by atoms with Gasteiger partial charge in [0.1, 0.15) is 0 Å². The molecular weight excluding hydrogens is 352 g/mol. The van der Waals surface area contributed by atoms with E-state index in [1.54, 1.807) is 18.2 Å². The Morgan fingerprint density at radius 1 is 0.464 bits per heavy atom. The summed E-state index contributed by atoms with van der Waals surface area (Å²) in [6.45, 7) is 0. The maximum absolute atomic E-state index is 10.3. The molecule has 0 aliphatic carbocycles. The van der Waals surface area contributed by atoms with Crippen molar-refractivity contribution in [1.82, 2.24) is 0 Å². The molecule has 138 valence electrons. The number of hydrogen-bond acceptors (Lipinski definition) is 4. The Bertz CT molecular complexity index is 1110. The van der Waals surface area contributed by atoms with Gasteiger partial charge in [-0.2, -0.15) is 0 Å². The highest BCUT2D eigenvalue weighted by Crippen LogP contribution is 2.44. The first-order valence-electron chi connectivity index (χ1n) is 8.79. The minimum absolute atomic E-state index is 0.0550. The normalized spacial score (nSPS) is 10.6. The maximum atomic E-state index is 10.3. The van der Waals surface area contributed by atoms with Crippen LogP contribution in [0.5, 0.6) is 28.7 Å². The van der Waals surface area contributed by atoms with Crippen LogP contribution in [0.1, 0.15) is 0 Å². The van der Waals surface area contributed by atoms with Gasteiger partial charge < -0.3 is 20.1 Å². The number of aromatic hydroxyl groups is 3. The van der Waals surface area contributed by atoms with E-state index in [4.69, 9.17) is 4.74 Å². The quantitative estimate of drug-likeness (QED) is 0.389. The van der Waals surface area contributed by atoms with Crippen molar-refractivity contribution >= 4 is 0 Å². The average molecular weight is 370 g/mol. The van der Waals surface area contributed by atoms with Crippen molar-refractivity contribution in [3.05, 3.63) is 91.0 Å². The molecule has 0 aliphatic rings. The molecule has 0 spiro atoms. The number of phenols is 3. The molecule has 0 saturated heterocycles. The third kappa shape index (κ3) is 3.48. The molecule has 0 heterocycles. The number of hydrogen-bond donors (Lipinski definition) is 3. The fourth-order valence-corrected chi connectivity index (χ4v) is 2.99. The third-order valence-electron chi connectivity index (χ3n) is 4.45. The maximum Gasteiger partial charge on any atom is 0.201 e. The summed E-state index contributed by atoms with van der Waals surface area (Å²) in [6, 6.07) is 27.2. The fraction of sp³-hybridized carbons (Fsp3) is 0. The minimum Gasteiger partial charge on any atom is -0.504 e. The lowest BCUT2D eigenvalue weighted by atomic mass is 10.0. The molecule has 4 heteroatoms. The first kappa shape index (κ1) is 17.5. The topological polar surface area (TPSA) is 69.9 Å². The molecule has 0 aliphatic heterocycles. The number of rotatable bonds is 4. The van der Waals surface area contributed by atoms with Crippen molar-refractivity contribution in [3.63, 3.8) is 0 Å². The SMILES string of the molecule is Oc1ccc(-c2ccccc2)cc1Oc1cc(-c2ccccc2)cc(O)c1O. The molecule has 3 N–H and O–H groups in total. The highest BCUT2D eigenvalue weighted by Gasteiger charge is 2.15. The van der Waals surface area contributed by atoms with Crippen LogP contribution in [-0.4, -0.2) is 15.3 Å². The Balaban J connectivity index is 1.74. The van der Waals surface area contributed by atoms with Crippen molar-refractivity contribution in [2.45, 2.75) is 0 Å². The van der Waals surface area contributed by atoms with Crippen LogP contribution in [0.15, 0.2) is 91.0 Å². The van der Waals surface area contributed by atoms with Crippen molar-refractivity contribution in [3.8, 4) is 51.0 Å². The molecule has 0 unspecified atom stereocenters. The second-order valence-corrected chi connectivity index (χ2v) is 6.36. The highest BCUT2D eigenvalue weighted by molar-refractivity contribution is 5.72. The molecule has 4 aromatic carbocycles. The second-order valence-electron chi connectivity index (χ2n) is 6.36. The number of phenolic OH excluding ortho intramolecular Hbond substituents is 3. The van der Waals surface area contributed by atoms with Crippen LogP contribution in [0.25, 0.3) is 22.3 Å². The predicted molar refractivity (Wildman–Crippen MR) is 109 cm³/mol. The Hall–Kier alpha value is -3.92. The highest BCUT2D eigenvalue weighted by atomic mass is 16.5. The van der Waals surface area contributed by atoms with Gasteiger partial charge in [-0.05, 0) is 46.5 Å². The summed E-state index contributed by atoms with van der Waals surface area (Å²) in [4.78, 5) is 0. The first-order chi connectivity index (χ1) is 13.6. The monoisotopic (exact) mass is 370 g/mol. The van der Waals surface area contributed by atoms with Crippen molar-refractivity contribution in [2.75, 3.05) is 0 Å². The van der Waals surface area contributed by atoms with E-state index >= 15 is 0 Å². The molecular formula is C24H18O4. The number of ether oxygens (including phenoxy) is 1. The molecule has 0 bridgehead atoms. The van der Waals surface area contributed by atoms with Gasteiger partial charge in [-0.15, -0.1) is 0 Å². The average Bonchev–Trinajstić information content (AvgIpc) is 2.74. The summed E-state index contributed by atoms with van der Waals surface area (Å²) in [7, 11) is 0. The molecule has 4 nitrogen and oxygen atoms in total. The van der Waals surface area contributed by atoms with E-state index in [-0.39, 0.29) is 28.7 Å². The van der Waals surface area contributed by atoms with Crippen LogP contribution in [0.2, 0.25) is 0 Å². The van der Waals surface area contributed by atoms with E-state index in [9.17, 15) is 15.3 Å². The standard InChI is InChI=1S/C24H18O4/c25-20-12-11-18(16-7-3-1-4-8-16)14-22(20)28-23-15-19(13-21(26)24(23)27)17-9-5-2-6-10-17/h1-15,25-27H. The molecule has 0 atom stereocenters. The van der Waals surface area contributed by atoms with Gasteiger partial charge in [0.05, 0.1) is 0 Å². The van der Waals surface area contributed by atoms with Gasteiger partial charge in [0.15, 0.2) is 23.0 Å². The lowest BCUT2D eigenvalue weighted by Crippen LogP contribution is -1.89. The molecule has 28 heavy (non-hydrogen) atoms. The van der Waals surface area contributed by atoms with Gasteiger partial charge in [0.25, 0.3) is 0 Å². The van der Waals surface area contributed by atoms with Gasteiger partial charge >= 0.3 is 0 Å². The zero-order valence-electron chi connectivity index (χ0n) is 14.9. The van der Waals surface area contributed by atoms with E-state index in [1.165, 1.54) is 12.1 Å². The van der Waals surface area contributed by atoms with Gasteiger partial charge in [-0.3, -0.25) is 0 Å². The summed E-state index contributed by atoms with van der Waals surface area (Å²) in [6.07, 6.45) is 0. The van der Waals surface area contributed by atoms with Gasteiger partial charge in [0.2, 0.25) is 5.75 Å². The largest absolute Gasteiger partial charge is 0.504 e. The van der Waals surface area contributed by atoms with E-state index in [0.29, 0.717) is 5.56 Å². The molecule has 0 aromatic heterocycles. The lowest BCUT2D eigenvalue weighted by molar-refractivity contribution is 0.362. The van der Waals surface area contributed by atoms with Crippen LogP contribution in [0, 0.1) is 0 Å². The van der Waals surface area contributed by atoms with E-state index in [0.717, 1.165) is 16.7 Å². The summed E-state index contributed by atoms with van der Waals surface area (Å²) < 4.78 is 5.79. The second kappa shape index (κ2) is 7.37. The van der Waals surface area contributed by atoms with E-state index in [1.807, 2.05) is 60.7 Å². The first-order valence-corrected chi connectivity index (χ1v) is 8.79. The zero-order chi connectivity index (χ0) is 19.5. The molecule has 0 radical (unpaired) electrons. The summed E-state index contributed by atoms with van der Waals surface area (Å²) >= 11 is 0. The van der Waals surface area contributed by atoms with Crippen LogP contribution in [0.4, 0.5) is 0 Å². The van der Waals surface area contributed by atoms with Crippen LogP contribution in [0.3, 0.4) is 0 Å². The molecule has 4 aromatic rings. The Morgan fingerprint density at radius 3 is 1.68 bits per heavy atom. The van der Waals surface area contributed by atoms with Crippen molar-refractivity contribution in [2.24, 2.45) is 0 Å². The minimum atomic E-state index is -0.385. The van der Waals surface area contributed by atoms with Crippen LogP contribution in [-0.2, 0) is 0 Å². The Morgan fingerprint density at radius 2 is 1.04 bits per heavy atom. The van der Waals surface area contributed by atoms with E-state index in [2.05, 4.69) is 0 Å². The van der Waals surface area contributed by atoms with E-state index < -0.39 is 0 Å². The predicted octanol–water partition coefficient (Wildman–Crippen LogP) is 5.93.